The quantitative estimate of drug-likeness (QED) is 0.228. The molecule has 5 aromatic rings. The summed E-state index contributed by atoms with van der Waals surface area (Å²) in [5, 5.41) is 21.7. The summed E-state index contributed by atoms with van der Waals surface area (Å²) in [6, 6.07) is 14.5. The lowest BCUT2D eigenvalue weighted by Crippen LogP contribution is -2.47. The second-order valence-corrected chi connectivity index (χ2v) is 10.7. The fourth-order valence-electron chi connectivity index (χ4n) is 5.55. The third-order valence-electron chi connectivity index (χ3n) is 7.85. The van der Waals surface area contributed by atoms with E-state index in [9.17, 15) is 18.3 Å². The van der Waals surface area contributed by atoms with E-state index in [0.29, 0.717) is 35.4 Å². The van der Waals surface area contributed by atoms with Crippen LogP contribution in [0.4, 0.5) is 17.6 Å². The molecule has 0 saturated heterocycles. The van der Waals surface area contributed by atoms with E-state index < -0.39 is 34.8 Å². The highest BCUT2D eigenvalue weighted by atomic mass is 19.4. The number of hydrogen-bond acceptors (Lipinski definition) is 6. The third kappa shape index (κ3) is 4.89. The minimum Gasteiger partial charge on any atom is -0.435 e. The Bertz CT molecular complexity index is 1730. The van der Waals surface area contributed by atoms with E-state index in [1.165, 1.54) is 18.5 Å². The molecule has 6 rings (SSSR count). The normalized spacial score (nSPS) is 19.3. The van der Waals surface area contributed by atoms with Crippen molar-refractivity contribution in [1.82, 2.24) is 25.1 Å². The van der Waals surface area contributed by atoms with Crippen molar-refractivity contribution in [3.8, 4) is 34.0 Å². The molecule has 1 aliphatic rings. The molecule has 0 radical (unpaired) electrons. The summed E-state index contributed by atoms with van der Waals surface area (Å²) < 4.78 is 65.8. The number of fused-ring (bicyclic) bond motifs is 1. The molecule has 1 aliphatic carbocycles. The van der Waals surface area contributed by atoms with Crippen LogP contribution in [0.3, 0.4) is 0 Å². The minimum atomic E-state index is -4.75. The number of hydrogen-bond donors (Lipinski definition) is 2. The fourth-order valence-corrected chi connectivity index (χ4v) is 5.55. The molecule has 41 heavy (non-hydrogen) atoms. The smallest absolute Gasteiger partial charge is 0.420 e. The van der Waals surface area contributed by atoms with Crippen molar-refractivity contribution in [1.29, 1.82) is 0 Å². The zero-order valence-corrected chi connectivity index (χ0v) is 22.3. The van der Waals surface area contributed by atoms with Gasteiger partial charge in [0.1, 0.15) is 23.2 Å². The maximum absolute atomic E-state index is 15.7. The molecule has 3 aromatic carbocycles. The van der Waals surface area contributed by atoms with Crippen LogP contribution in [0.15, 0.2) is 65.3 Å². The zero-order valence-electron chi connectivity index (χ0n) is 22.3. The zero-order chi connectivity index (χ0) is 28.9. The molecule has 0 amide bonds. The van der Waals surface area contributed by atoms with Gasteiger partial charge < -0.3 is 19.4 Å². The number of halogens is 4. The Kier molecular flexibility index (Phi) is 6.66. The Morgan fingerprint density at radius 3 is 2.56 bits per heavy atom. The monoisotopic (exact) mass is 565 g/mol. The minimum absolute atomic E-state index is 0.0582. The Hall–Kier alpha value is -4.09. The summed E-state index contributed by atoms with van der Waals surface area (Å²) in [5.74, 6) is -0.736. The van der Waals surface area contributed by atoms with E-state index in [4.69, 9.17) is 4.42 Å². The summed E-state index contributed by atoms with van der Waals surface area (Å²) in [6.07, 6.45) is -1.73. The second-order valence-electron chi connectivity index (χ2n) is 10.7. The lowest BCUT2D eigenvalue weighted by Gasteiger charge is -2.29. The number of benzene rings is 3. The van der Waals surface area contributed by atoms with Gasteiger partial charge in [0, 0.05) is 24.7 Å². The first-order valence-electron chi connectivity index (χ1n) is 13.2. The first-order chi connectivity index (χ1) is 19.5. The van der Waals surface area contributed by atoms with Crippen LogP contribution < -0.4 is 5.32 Å². The molecule has 2 aromatic heterocycles. The van der Waals surface area contributed by atoms with Gasteiger partial charge in [0.25, 0.3) is 0 Å². The Balaban J connectivity index is 1.53. The number of aryl methyl sites for hydroxylation is 1. The molecule has 0 spiro atoms. The number of oxazole rings is 1. The SMILES string of the molecule is Cn1cnnc1-c1c(-c2ccccc2)ccc(F)c1-c1nc2cc(CNC3(C)CCC[C@H]3O)cc(C(F)(F)F)c2o1. The van der Waals surface area contributed by atoms with Crippen LogP contribution in [0.5, 0.6) is 0 Å². The second kappa shape index (κ2) is 10.1. The summed E-state index contributed by atoms with van der Waals surface area (Å²) >= 11 is 0. The molecule has 2 atom stereocenters. The molecule has 2 heterocycles. The molecule has 1 unspecified atom stereocenters. The molecular weight excluding hydrogens is 538 g/mol. The number of aliphatic hydroxyl groups excluding tert-OH is 1. The average molecular weight is 566 g/mol. The average Bonchev–Trinajstić information content (AvgIpc) is 3.65. The van der Waals surface area contributed by atoms with Gasteiger partial charge >= 0.3 is 6.18 Å². The topological polar surface area (TPSA) is 89.0 Å². The molecule has 212 valence electrons. The maximum atomic E-state index is 15.7. The van der Waals surface area contributed by atoms with Gasteiger partial charge in [-0.25, -0.2) is 9.37 Å². The highest BCUT2D eigenvalue weighted by molar-refractivity contribution is 5.92. The first kappa shape index (κ1) is 27.1. The van der Waals surface area contributed by atoms with Crippen LogP contribution in [0.25, 0.3) is 45.1 Å². The van der Waals surface area contributed by atoms with Crippen molar-refractivity contribution in [3.63, 3.8) is 0 Å². The molecule has 2 N–H and O–H groups in total. The van der Waals surface area contributed by atoms with Gasteiger partial charge in [-0.05, 0) is 61.1 Å². The molecule has 1 saturated carbocycles. The lowest BCUT2D eigenvalue weighted by atomic mass is 9.94. The highest BCUT2D eigenvalue weighted by Gasteiger charge is 2.38. The van der Waals surface area contributed by atoms with Gasteiger partial charge in [-0.2, -0.15) is 13.2 Å². The Morgan fingerprint density at radius 1 is 1.12 bits per heavy atom. The maximum Gasteiger partial charge on any atom is 0.420 e. The predicted molar refractivity (Wildman–Crippen MR) is 145 cm³/mol. The van der Waals surface area contributed by atoms with Crippen LogP contribution in [0, 0.1) is 5.82 Å². The molecule has 0 bridgehead atoms. The molecular formula is C30H27F4N5O2. The van der Waals surface area contributed by atoms with Crippen molar-refractivity contribution < 1.29 is 27.1 Å². The molecule has 7 nitrogen and oxygen atoms in total. The van der Waals surface area contributed by atoms with Crippen LogP contribution in [0.1, 0.15) is 37.3 Å². The van der Waals surface area contributed by atoms with Crippen LogP contribution in [-0.2, 0) is 19.8 Å². The van der Waals surface area contributed by atoms with Gasteiger partial charge in [-0.1, -0.05) is 36.4 Å². The van der Waals surface area contributed by atoms with Gasteiger partial charge in [0.2, 0.25) is 5.89 Å². The first-order valence-corrected chi connectivity index (χ1v) is 13.2. The van der Waals surface area contributed by atoms with Crippen LogP contribution in [0.2, 0.25) is 0 Å². The number of aliphatic hydroxyl groups is 1. The predicted octanol–water partition coefficient (Wildman–Crippen LogP) is 6.51. The van der Waals surface area contributed by atoms with Gasteiger partial charge in [-0.3, -0.25) is 0 Å². The van der Waals surface area contributed by atoms with Crippen LogP contribution >= 0.6 is 0 Å². The number of alkyl halides is 3. The summed E-state index contributed by atoms with van der Waals surface area (Å²) in [5.41, 5.74) is -0.337. The van der Waals surface area contributed by atoms with Crippen molar-refractivity contribution >= 4 is 11.1 Å². The van der Waals surface area contributed by atoms with Crippen molar-refractivity contribution in [2.24, 2.45) is 7.05 Å². The van der Waals surface area contributed by atoms with Crippen LogP contribution in [-0.4, -0.2) is 36.5 Å². The molecule has 1 fully saturated rings. The van der Waals surface area contributed by atoms with E-state index in [0.717, 1.165) is 18.1 Å². The standard InChI is InChI=1S/C30H27F4N5O2/c1-29(12-6-9-23(29)40)35-15-17-13-20(30(32,33)34)26-22(14-17)37-28(41-26)25-21(31)11-10-19(18-7-4-3-5-8-18)24(25)27-38-36-16-39(27)2/h3-5,7-8,10-11,13-14,16,23,35,40H,6,9,12,15H2,1-2H3/t23-,29?/m1/s1. The van der Waals surface area contributed by atoms with Crippen molar-refractivity contribution in [2.75, 3.05) is 0 Å². The summed E-state index contributed by atoms with van der Waals surface area (Å²) in [4.78, 5) is 4.38. The molecule has 11 heteroatoms. The van der Waals surface area contributed by atoms with Gasteiger partial charge in [0.05, 0.1) is 11.7 Å². The number of rotatable bonds is 6. The van der Waals surface area contributed by atoms with E-state index >= 15 is 4.39 Å². The van der Waals surface area contributed by atoms with E-state index in [-0.39, 0.29) is 23.5 Å². The van der Waals surface area contributed by atoms with E-state index in [2.05, 4.69) is 20.5 Å². The summed E-state index contributed by atoms with van der Waals surface area (Å²) in [6.45, 7) is 1.94. The number of nitrogens with zero attached hydrogens (tertiary/aromatic N) is 4. The van der Waals surface area contributed by atoms with Crippen molar-refractivity contribution in [3.05, 3.63) is 77.9 Å². The Morgan fingerprint density at radius 2 is 1.90 bits per heavy atom. The van der Waals surface area contributed by atoms with Gasteiger partial charge in [-0.15, -0.1) is 10.2 Å². The number of nitrogens with one attached hydrogen (secondary N) is 1. The van der Waals surface area contributed by atoms with Gasteiger partial charge in [0.15, 0.2) is 11.4 Å². The Labute approximate surface area is 232 Å². The summed E-state index contributed by atoms with van der Waals surface area (Å²) in [7, 11) is 1.69. The lowest BCUT2D eigenvalue weighted by molar-refractivity contribution is -0.136. The largest absolute Gasteiger partial charge is 0.435 e. The molecule has 0 aliphatic heterocycles. The van der Waals surface area contributed by atoms with E-state index in [1.54, 1.807) is 17.7 Å². The number of aromatic nitrogens is 4. The van der Waals surface area contributed by atoms with E-state index in [1.807, 2.05) is 37.3 Å². The van der Waals surface area contributed by atoms with Crippen molar-refractivity contribution in [2.45, 2.75) is 50.6 Å². The third-order valence-corrected chi connectivity index (χ3v) is 7.85. The highest BCUT2D eigenvalue weighted by Crippen LogP contribution is 2.43. The fraction of sp³-hybridized carbons (Fsp3) is 0.300.